The van der Waals surface area contributed by atoms with E-state index in [4.69, 9.17) is 0 Å². The zero-order valence-electron chi connectivity index (χ0n) is 8.82. The first-order valence-corrected chi connectivity index (χ1v) is 4.52. The van der Waals surface area contributed by atoms with Crippen LogP contribution in [0.25, 0.3) is 0 Å². The summed E-state index contributed by atoms with van der Waals surface area (Å²) in [6, 6.07) is 0. The molecule has 0 unspecified atom stereocenters. The molecule has 2 nitrogen and oxygen atoms in total. The fourth-order valence-electron chi connectivity index (χ4n) is 1.76. The molecule has 13 heavy (non-hydrogen) atoms. The highest BCUT2D eigenvalue weighted by molar-refractivity contribution is 5.85. The van der Waals surface area contributed by atoms with E-state index in [-0.39, 0.29) is 24.8 Å². The van der Waals surface area contributed by atoms with Crippen molar-refractivity contribution >= 4 is 24.8 Å². The second-order valence-corrected chi connectivity index (χ2v) is 4.01. The number of nitrogens with zero attached hydrogens (tertiary/aromatic N) is 2. The summed E-state index contributed by atoms with van der Waals surface area (Å²) in [4.78, 5) is 4.72. The molecule has 0 aliphatic carbocycles. The van der Waals surface area contributed by atoms with Crippen molar-refractivity contribution in [2.24, 2.45) is 5.92 Å². The van der Waals surface area contributed by atoms with E-state index in [1.807, 2.05) is 0 Å². The van der Waals surface area contributed by atoms with Gasteiger partial charge in [-0.3, -0.25) is 0 Å². The molecule has 0 atom stereocenters. The molecule has 1 rings (SSSR count). The summed E-state index contributed by atoms with van der Waals surface area (Å²) in [7, 11) is 6.54. The van der Waals surface area contributed by atoms with Crippen LogP contribution in [0.3, 0.4) is 0 Å². The van der Waals surface area contributed by atoms with Gasteiger partial charge >= 0.3 is 0 Å². The van der Waals surface area contributed by atoms with Crippen LogP contribution in [0.5, 0.6) is 0 Å². The maximum Gasteiger partial charge on any atom is 0.000451 e. The van der Waals surface area contributed by atoms with E-state index in [9.17, 15) is 0 Å². The maximum absolute atomic E-state index is 2.42. The molecule has 1 saturated heterocycles. The SMILES string of the molecule is CN(C)CC1CCN(C)CC1.Cl.Cl. The van der Waals surface area contributed by atoms with Gasteiger partial charge in [0, 0.05) is 6.54 Å². The number of piperidine rings is 1. The zero-order valence-corrected chi connectivity index (χ0v) is 10.5. The molecule has 82 valence electrons. The highest BCUT2D eigenvalue weighted by Crippen LogP contribution is 2.15. The van der Waals surface area contributed by atoms with Gasteiger partial charge in [-0.15, -0.1) is 24.8 Å². The Hall–Kier alpha value is 0.500. The number of halogens is 2. The molecule has 0 saturated carbocycles. The van der Waals surface area contributed by atoms with E-state index in [1.54, 1.807) is 0 Å². The third kappa shape index (κ3) is 6.55. The Morgan fingerprint density at radius 3 is 2.00 bits per heavy atom. The van der Waals surface area contributed by atoms with Gasteiger partial charge in [0.05, 0.1) is 0 Å². The van der Waals surface area contributed by atoms with E-state index in [0.29, 0.717) is 0 Å². The van der Waals surface area contributed by atoms with E-state index in [0.717, 1.165) is 5.92 Å². The molecule has 0 aromatic rings. The summed E-state index contributed by atoms with van der Waals surface area (Å²) in [5, 5.41) is 0. The molecule has 0 amide bonds. The van der Waals surface area contributed by atoms with Crippen LogP contribution in [0.2, 0.25) is 0 Å². The molecule has 0 aromatic carbocycles. The van der Waals surface area contributed by atoms with Crippen LogP contribution in [-0.2, 0) is 0 Å². The first-order valence-electron chi connectivity index (χ1n) is 4.52. The van der Waals surface area contributed by atoms with Crippen molar-refractivity contribution in [3.05, 3.63) is 0 Å². The van der Waals surface area contributed by atoms with E-state index in [2.05, 4.69) is 30.9 Å². The predicted molar refractivity (Wildman–Crippen MR) is 63.3 cm³/mol. The van der Waals surface area contributed by atoms with E-state index in [1.165, 1.54) is 32.5 Å². The van der Waals surface area contributed by atoms with Crippen LogP contribution >= 0.6 is 24.8 Å². The fraction of sp³-hybridized carbons (Fsp3) is 1.00. The minimum atomic E-state index is 0. The summed E-state index contributed by atoms with van der Waals surface area (Å²) in [6.07, 6.45) is 2.77. The number of hydrogen-bond donors (Lipinski definition) is 0. The molecule has 0 radical (unpaired) electrons. The van der Waals surface area contributed by atoms with Crippen molar-refractivity contribution in [2.45, 2.75) is 12.8 Å². The predicted octanol–water partition coefficient (Wildman–Crippen LogP) is 1.73. The topological polar surface area (TPSA) is 6.48 Å². The van der Waals surface area contributed by atoms with Gasteiger partial charge in [0.15, 0.2) is 0 Å². The van der Waals surface area contributed by atoms with E-state index < -0.39 is 0 Å². The standard InChI is InChI=1S/C9H20N2.2ClH/c1-10(2)8-9-4-6-11(3)7-5-9;;/h9H,4-8H2,1-3H3;2*1H. The van der Waals surface area contributed by atoms with Gasteiger partial charge in [-0.1, -0.05) is 0 Å². The van der Waals surface area contributed by atoms with Crippen LogP contribution in [0.15, 0.2) is 0 Å². The van der Waals surface area contributed by atoms with Crippen molar-refractivity contribution in [2.75, 3.05) is 40.8 Å². The average molecular weight is 229 g/mol. The highest BCUT2D eigenvalue weighted by atomic mass is 35.5. The summed E-state index contributed by atoms with van der Waals surface area (Å²) < 4.78 is 0. The Labute approximate surface area is 94.5 Å². The molecular weight excluding hydrogens is 207 g/mol. The second-order valence-electron chi connectivity index (χ2n) is 4.01. The van der Waals surface area contributed by atoms with Crippen molar-refractivity contribution < 1.29 is 0 Å². The molecular formula is C9H22Cl2N2. The second kappa shape index (κ2) is 7.86. The number of likely N-dealkylation sites (tertiary alicyclic amines) is 1. The van der Waals surface area contributed by atoms with Crippen molar-refractivity contribution in [1.82, 2.24) is 9.80 Å². The normalized spacial score (nSPS) is 19.4. The molecule has 0 N–H and O–H groups in total. The lowest BCUT2D eigenvalue weighted by molar-refractivity contribution is 0.188. The quantitative estimate of drug-likeness (QED) is 0.711. The van der Waals surface area contributed by atoms with Gasteiger partial charge in [-0.2, -0.15) is 0 Å². The third-order valence-electron chi connectivity index (χ3n) is 2.46. The molecule has 1 aliphatic rings. The zero-order chi connectivity index (χ0) is 8.27. The monoisotopic (exact) mass is 228 g/mol. The van der Waals surface area contributed by atoms with Crippen LogP contribution in [0, 0.1) is 5.92 Å². The van der Waals surface area contributed by atoms with Gasteiger partial charge in [0.1, 0.15) is 0 Å². The average Bonchev–Trinajstić information content (AvgIpc) is 1.93. The summed E-state index contributed by atoms with van der Waals surface area (Å²) >= 11 is 0. The summed E-state index contributed by atoms with van der Waals surface area (Å²) in [5.41, 5.74) is 0. The lowest BCUT2D eigenvalue weighted by Gasteiger charge is -2.30. The lowest BCUT2D eigenvalue weighted by atomic mass is 9.97. The number of rotatable bonds is 2. The lowest BCUT2D eigenvalue weighted by Crippen LogP contribution is -2.34. The Bertz CT molecular complexity index is 112. The number of hydrogen-bond acceptors (Lipinski definition) is 2. The Kier molecular flexibility index (Phi) is 9.65. The van der Waals surface area contributed by atoms with Crippen molar-refractivity contribution in [3.8, 4) is 0 Å². The maximum atomic E-state index is 2.42. The van der Waals surface area contributed by atoms with Crippen LogP contribution < -0.4 is 0 Å². The fourth-order valence-corrected chi connectivity index (χ4v) is 1.76. The first kappa shape index (κ1) is 15.9. The minimum Gasteiger partial charge on any atom is -0.309 e. The molecule has 1 heterocycles. The smallest absolute Gasteiger partial charge is 0.000451 e. The van der Waals surface area contributed by atoms with Gasteiger partial charge < -0.3 is 9.80 Å². The van der Waals surface area contributed by atoms with Crippen molar-refractivity contribution in [3.63, 3.8) is 0 Å². The van der Waals surface area contributed by atoms with Gasteiger partial charge in [-0.05, 0) is 53.0 Å². The molecule has 0 bridgehead atoms. The van der Waals surface area contributed by atoms with Crippen LogP contribution in [-0.4, -0.2) is 50.6 Å². The Balaban J connectivity index is 0. The van der Waals surface area contributed by atoms with Gasteiger partial charge in [-0.25, -0.2) is 0 Å². The molecule has 0 aromatic heterocycles. The molecule has 4 heteroatoms. The molecule has 1 aliphatic heterocycles. The van der Waals surface area contributed by atoms with Gasteiger partial charge in [0.2, 0.25) is 0 Å². The Morgan fingerprint density at radius 1 is 1.15 bits per heavy atom. The minimum absolute atomic E-state index is 0. The van der Waals surface area contributed by atoms with E-state index >= 15 is 0 Å². The molecule has 0 spiro atoms. The van der Waals surface area contributed by atoms with Gasteiger partial charge in [0.25, 0.3) is 0 Å². The third-order valence-corrected chi connectivity index (χ3v) is 2.46. The largest absolute Gasteiger partial charge is 0.309 e. The summed E-state index contributed by atoms with van der Waals surface area (Å²) in [5.74, 6) is 0.946. The molecule has 1 fully saturated rings. The van der Waals surface area contributed by atoms with Crippen LogP contribution in [0.4, 0.5) is 0 Å². The summed E-state index contributed by atoms with van der Waals surface area (Å²) in [6.45, 7) is 3.85. The van der Waals surface area contributed by atoms with Crippen LogP contribution in [0.1, 0.15) is 12.8 Å². The Morgan fingerprint density at radius 2 is 1.62 bits per heavy atom. The van der Waals surface area contributed by atoms with Crippen molar-refractivity contribution in [1.29, 1.82) is 0 Å². The highest BCUT2D eigenvalue weighted by Gasteiger charge is 2.16. The first-order chi connectivity index (χ1) is 5.18.